The highest BCUT2D eigenvalue weighted by molar-refractivity contribution is 7.98. The third kappa shape index (κ3) is 4.20. The molecule has 3 aromatic rings. The van der Waals surface area contributed by atoms with E-state index in [1.165, 1.54) is 6.92 Å². The molecule has 0 aliphatic rings. The monoisotopic (exact) mass is 368 g/mol. The van der Waals surface area contributed by atoms with E-state index in [2.05, 4.69) is 25.7 Å². The Hall–Kier alpha value is -2.87. The number of nitrogens with zero attached hydrogens (tertiary/aromatic N) is 4. The summed E-state index contributed by atoms with van der Waals surface area (Å²) in [6, 6.07) is 7.71. The van der Waals surface area contributed by atoms with E-state index in [0.717, 1.165) is 33.4 Å². The van der Waals surface area contributed by atoms with Crippen molar-refractivity contribution in [3.63, 3.8) is 0 Å². The van der Waals surface area contributed by atoms with Crippen molar-refractivity contribution >= 4 is 35.0 Å². The molecule has 8 heteroatoms. The lowest BCUT2D eigenvalue weighted by atomic mass is 10.1. The van der Waals surface area contributed by atoms with Crippen molar-refractivity contribution in [3.8, 4) is 11.3 Å². The van der Waals surface area contributed by atoms with Crippen LogP contribution in [0.5, 0.6) is 0 Å². The molecular formula is C18H20N6OS. The summed E-state index contributed by atoms with van der Waals surface area (Å²) < 4.78 is 1.73. The molecule has 7 nitrogen and oxygen atoms in total. The molecule has 0 atom stereocenters. The molecule has 1 amide bonds. The SMILES string of the molecule is CSc1cc(C)cc(Nc2cc(NC(C)=O)ncc2-c2ccn(C)n2)n1. The maximum atomic E-state index is 11.4. The smallest absolute Gasteiger partial charge is 0.222 e. The van der Waals surface area contributed by atoms with Gasteiger partial charge >= 0.3 is 0 Å². The molecule has 26 heavy (non-hydrogen) atoms. The third-order valence-corrected chi connectivity index (χ3v) is 4.24. The molecule has 0 spiro atoms. The van der Waals surface area contributed by atoms with Gasteiger partial charge in [-0.3, -0.25) is 9.48 Å². The Morgan fingerprint density at radius 1 is 1.23 bits per heavy atom. The summed E-state index contributed by atoms with van der Waals surface area (Å²) in [5.41, 5.74) is 3.50. The first-order valence-electron chi connectivity index (χ1n) is 8.02. The number of aryl methyl sites for hydroxylation is 2. The van der Waals surface area contributed by atoms with Gasteiger partial charge in [0.15, 0.2) is 0 Å². The van der Waals surface area contributed by atoms with Crippen molar-refractivity contribution in [1.82, 2.24) is 19.7 Å². The zero-order chi connectivity index (χ0) is 18.7. The van der Waals surface area contributed by atoms with Gasteiger partial charge in [-0.25, -0.2) is 9.97 Å². The minimum absolute atomic E-state index is 0.174. The van der Waals surface area contributed by atoms with Crippen molar-refractivity contribution in [2.24, 2.45) is 7.05 Å². The molecule has 0 saturated carbocycles. The highest BCUT2D eigenvalue weighted by atomic mass is 32.2. The molecule has 3 rings (SSSR count). The molecule has 134 valence electrons. The second kappa shape index (κ2) is 7.57. The number of rotatable bonds is 5. The van der Waals surface area contributed by atoms with E-state index in [9.17, 15) is 4.79 Å². The van der Waals surface area contributed by atoms with Crippen molar-refractivity contribution in [2.45, 2.75) is 18.9 Å². The van der Waals surface area contributed by atoms with E-state index in [1.807, 2.05) is 44.6 Å². The van der Waals surface area contributed by atoms with Crippen LogP contribution in [0.4, 0.5) is 17.3 Å². The summed E-state index contributed by atoms with van der Waals surface area (Å²) in [7, 11) is 1.86. The number of anilines is 3. The van der Waals surface area contributed by atoms with Crippen LogP contribution in [0.1, 0.15) is 12.5 Å². The zero-order valence-corrected chi connectivity index (χ0v) is 15.9. The second-order valence-corrected chi connectivity index (χ2v) is 6.69. The summed E-state index contributed by atoms with van der Waals surface area (Å²) in [6.45, 7) is 3.48. The maximum absolute atomic E-state index is 11.4. The normalized spacial score (nSPS) is 10.6. The molecule has 2 N–H and O–H groups in total. The largest absolute Gasteiger partial charge is 0.339 e. The maximum Gasteiger partial charge on any atom is 0.222 e. The van der Waals surface area contributed by atoms with Gasteiger partial charge in [0.2, 0.25) is 5.91 Å². The highest BCUT2D eigenvalue weighted by Gasteiger charge is 2.12. The minimum Gasteiger partial charge on any atom is -0.339 e. The first-order chi connectivity index (χ1) is 12.4. The van der Waals surface area contributed by atoms with Crippen LogP contribution in [0.2, 0.25) is 0 Å². The predicted molar refractivity (Wildman–Crippen MR) is 105 cm³/mol. The van der Waals surface area contributed by atoms with Gasteiger partial charge in [-0.2, -0.15) is 5.10 Å². The van der Waals surface area contributed by atoms with Crippen LogP contribution in [0.15, 0.2) is 41.7 Å². The molecular weight excluding hydrogens is 348 g/mol. The molecule has 3 heterocycles. The van der Waals surface area contributed by atoms with Gasteiger partial charge in [0.25, 0.3) is 0 Å². The van der Waals surface area contributed by atoms with E-state index in [-0.39, 0.29) is 5.91 Å². The van der Waals surface area contributed by atoms with Gasteiger partial charge in [0, 0.05) is 38.0 Å². The lowest BCUT2D eigenvalue weighted by Crippen LogP contribution is -2.08. The van der Waals surface area contributed by atoms with Crippen LogP contribution in [0.3, 0.4) is 0 Å². The minimum atomic E-state index is -0.174. The fourth-order valence-electron chi connectivity index (χ4n) is 2.51. The number of pyridine rings is 2. The molecule has 0 radical (unpaired) electrons. The first kappa shape index (κ1) is 17.9. The standard InChI is InChI=1S/C18H20N6OS/c1-11-7-17(22-18(8-11)26-4)21-15-9-16(20-12(2)25)19-10-13(15)14-5-6-24(3)23-14/h5-10H,1-4H3,(H2,19,20,21,22,25). The van der Waals surface area contributed by atoms with E-state index in [4.69, 9.17) is 0 Å². The number of hydrogen-bond donors (Lipinski definition) is 2. The summed E-state index contributed by atoms with van der Waals surface area (Å²) in [4.78, 5) is 20.3. The number of amides is 1. The van der Waals surface area contributed by atoms with Gasteiger partial charge in [-0.1, -0.05) is 0 Å². The lowest BCUT2D eigenvalue weighted by Gasteiger charge is -2.13. The van der Waals surface area contributed by atoms with Gasteiger partial charge in [-0.15, -0.1) is 11.8 Å². The van der Waals surface area contributed by atoms with Crippen molar-refractivity contribution in [1.29, 1.82) is 0 Å². The Kier molecular flexibility index (Phi) is 5.22. The third-order valence-electron chi connectivity index (χ3n) is 3.62. The summed E-state index contributed by atoms with van der Waals surface area (Å²) in [6.07, 6.45) is 5.56. The van der Waals surface area contributed by atoms with E-state index < -0.39 is 0 Å². The van der Waals surface area contributed by atoms with Crippen LogP contribution >= 0.6 is 11.8 Å². The average molecular weight is 368 g/mol. The van der Waals surface area contributed by atoms with Crippen LogP contribution in [-0.2, 0) is 11.8 Å². The predicted octanol–water partition coefficient (Wildman–Crippen LogP) is 3.61. The van der Waals surface area contributed by atoms with Crippen LogP contribution in [0.25, 0.3) is 11.3 Å². The molecule has 0 fully saturated rings. The number of carbonyl (C=O) groups is 1. The van der Waals surface area contributed by atoms with Crippen LogP contribution in [0, 0.1) is 6.92 Å². The summed E-state index contributed by atoms with van der Waals surface area (Å²) in [5.74, 6) is 1.02. The van der Waals surface area contributed by atoms with Gasteiger partial charge in [0.05, 0.1) is 16.4 Å². The average Bonchev–Trinajstić information content (AvgIpc) is 3.00. The molecule has 0 unspecified atom stereocenters. The number of thioether (sulfide) groups is 1. The molecule has 0 aliphatic carbocycles. The molecule has 3 aromatic heterocycles. The molecule has 0 aliphatic heterocycles. The van der Waals surface area contributed by atoms with Crippen LogP contribution in [-0.4, -0.2) is 31.9 Å². The fourth-order valence-corrected chi connectivity index (χ4v) is 3.01. The second-order valence-electron chi connectivity index (χ2n) is 5.87. The fraction of sp³-hybridized carbons (Fsp3) is 0.222. The lowest BCUT2D eigenvalue weighted by molar-refractivity contribution is -0.114. The Bertz CT molecular complexity index is 953. The molecule has 0 aromatic carbocycles. The molecule has 0 saturated heterocycles. The van der Waals surface area contributed by atoms with Crippen LogP contribution < -0.4 is 10.6 Å². The summed E-state index contributed by atoms with van der Waals surface area (Å²) >= 11 is 1.59. The highest BCUT2D eigenvalue weighted by Crippen LogP contribution is 2.31. The number of aromatic nitrogens is 4. The topological polar surface area (TPSA) is 84.7 Å². The van der Waals surface area contributed by atoms with Crippen molar-refractivity contribution in [3.05, 3.63) is 42.2 Å². The Morgan fingerprint density at radius 3 is 2.69 bits per heavy atom. The quantitative estimate of drug-likeness (QED) is 0.669. The Balaban J connectivity index is 2.04. The van der Waals surface area contributed by atoms with Gasteiger partial charge in [0.1, 0.15) is 11.6 Å². The first-order valence-corrected chi connectivity index (χ1v) is 9.24. The Labute approximate surface area is 156 Å². The molecule has 0 bridgehead atoms. The number of nitrogens with one attached hydrogen (secondary N) is 2. The number of carbonyl (C=O) groups excluding carboxylic acids is 1. The summed E-state index contributed by atoms with van der Waals surface area (Å²) in [5, 5.41) is 11.4. The van der Waals surface area contributed by atoms with Crippen molar-refractivity contribution < 1.29 is 4.79 Å². The van der Waals surface area contributed by atoms with Gasteiger partial charge < -0.3 is 10.6 Å². The zero-order valence-electron chi connectivity index (χ0n) is 15.1. The van der Waals surface area contributed by atoms with Crippen molar-refractivity contribution in [2.75, 3.05) is 16.9 Å². The van der Waals surface area contributed by atoms with E-state index >= 15 is 0 Å². The van der Waals surface area contributed by atoms with Gasteiger partial charge in [-0.05, 0) is 36.9 Å². The Morgan fingerprint density at radius 2 is 2.04 bits per heavy atom. The van der Waals surface area contributed by atoms with E-state index in [1.54, 1.807) is 28.7 Å². The van der Waals surface area contributed by atoms with E-state index in [0.29, 0.717) is 5.82 Å². The number of hydrogen-bond acceptors (Lipinski definition) is 6.